The number of benzene rings is 11. The van der Waals surface area contributed by atoms with Crippen LogP contribution < -0.4 is 9.80 Å². The van der Waals surface area contributed by atoms with E-state index < -0.39 is 0 Å². The van der Waals surface area contributed by atoms with E-state index in [0.717, 1.165) is 23.2 Å². The number of hydrogen-bond donors (Lipinski definition) is 0. The summed E-state index contributed by atoms with van der Waals surface area (Å²) in [5.74, 6) is 2.91. The minimum Gasteiger partial charge on any atom is -0.310 e. The molecular formula is C72H60N2. The third-order valence-corrected chi connectivity index (χ3v) is 18.3. The van der Waals surface area contributed by atoms with Crippen molar-refractivity contribution in [2.45, 2.75) is 63.7 Å². The van der Waals surface area contributed by atoms with Crippen LogP contribution in [0.5, 0.6) is 0 Å². The molecule has 11 aromatic rings. The fraction of sp³-hybridized carbons (Fsp3) is 0.194. The lowest BCUT2D eigenvalue weighted by Gasteiger charge is -2.61. The van der Waals surface area contributed by atoms with Gasteiger partial charge in [-0.2, -0.15) is 0 Å². The maximum Gasteiger partial charge on any atom is 0.0540 e. The molecule has 0 heterocycles. The van der Waals surface area contributed by atoms with E-state index in [9.17, 15) is 0 Å². The maximum atomic E-state index is 2.67. The second-order valence-electron chi connectivity index (χ2n) is 23.3. The molecule has 4 saturated carbocycles. The van der Waals surface area contributed by atoms with E-state index >= 15 is 0 Å². The van der Waals surface area contributed by atoms with Crippen molar-refractivity contribution in [1.82, 2.24) is 0 Å². The third-order valence-electron chi connectivity index (χ3n) is 18.3. The molecule has 0 N–H and O–H groups in total. The summed E-state index contributed by atoms with van der Waals surface area (Å²) < 4.78 is 0. The Bertz CT molecular complexity index is 3910. The molecule has 0 radical (unpaired) electrons. The Morgan fingerprint density at radius 1 is 0.378 bits per heavy atom. The molecule has 4 bridgehead atoms. The van der Waals surface area contributed by atoms with Gasteiger partial charge in [-0.3, -0.25) is 0 Å². The molecule has 0 aliphatic heterocycles. The number of para-hydroxylation sites is 2. The lowest BCUT2D eigenvalue weighted by molar-refractivity contribution is -0.0397. The van der Waals surface area contributed by atoms with Gasteiger partial charge in [0.2, 0.25) is 0 Å². The molecule has 0 unspecified atom stereocenters. The minimum absolute atomic E-state index is 0.0587. The van der Waals surface area contributed by atoms with Crippen molar-refractivity contribution in [3.05, 3.63) is 241 Å². The first-order valence-corrected chi connectivity index (χ1v) is 27.3. The number of anilines is 6. The molecule has 16 rings (SSSR count). The van der Waals surface area contributed by atoms with Gasteiger partial charge in [0, 0.05) is 33.2 Å². The highest BCUT2D eigenvalue weighted by Crippen LogP contribution is 2.71. The summed E-state index contributed by atoms with van der Waals surface area (Å²) in [6.07, 6.45) is 6.74. The molecule has 0 amide bonds. The summed E-state index contributed by atoms with van der Waals surface area (Å²) in [5.41, 5.74) is 19.6. The Balaban J connectivity index is 0.945. The topological polar surface area (TPSA) is 6.48 Å². The monoisotopic (exact) mass is 952 g/mol. The quantitative estimate of drug-likeness (QED) is 0.140. The Morgan fingerprint density at radius 3 is 1.49 bits per heavy atom. The summed E-state index contributed by atoms with van der Waals surface area (Å²) in [7, 11) is 0. The maximum absolute atomic E-state index is 2.67. The Hall–Kier alpha value is -7.94. The molecule has 4 fully saturated rings. The smallest absolute Gasteiger partial charge is 0.0540 e. The Morgan fingerprint density at radius 2 is 0.878 bits per heavy atom. The van der Waals surface area contributed by atoms with E-state index in [1.165, 1.54) is 126 Å². The van der Waals surface area contributed by atoms with Gasteiger partial charge >= 0.3 is 0 Å². The first-order chi connectivity index (χ1) is 36.3. The van der Waals surface area contributed by atoms with E-state index in [1.54, 1.807) is 11.1 Å². The molecule has 1 spiro atoms. The summed E-state index contributed by atoms with van der Waals surface area (Å²) in [5, 5.41) is 7.68. The van der Waals surface area contributed by atoms with Crippen LogP contribution >= 0.6 is 0 Å². The number of fused-ring (bicyclic) bond motifs is 3. The van der Waals surface area contributed by atoms with Gasteiger partial charge in [-0.25, -0.2) is 0 Å². The zero-order valence-electron chi connectivity index (χ0n) is 42.6. The summed E-state index contributed by atoms with van der Waals surface area (Å²) in [4.78, 5) is 5.12. The van der Waals surface area contributed by atoms with E-state index in [1.807, 2.05) is 0 Å². The molecule has 0 saturated heterocycles. The van der Waals surface area contributed by atoms with Crippen LogP contribution in [0.4, 0.5) is 34.1 Å². The van der Waals surface area contributed by atoms with Gasteiger partial charge in [0.1, 0.15) is 0 Å². The highest BCUT2D eigenvalue weighted by Gasteiger charge is 2.62. The van der Waals surface area contributed by atoms with Crippen molar-refractivity contribution in [3.8, 4) is 33.4 Å². The van der Waals surface area contributed by atoms with Crippen LogP contribution in [0.25, 0.3) is 65.7 Å². The lowest BCUT2D eigenvalue weighted by atomic mass is 9.43. The summed E-state index contributed by atoms with van der Waals surface area (Å²) >= 11 is 0. The van der Waals surface area contributed by atoms with Gasteiger partial charge in [-0.05, 0) is 200 Å². The van der Waals surface area contributed by atoms with Gasteiger partial charge in [0.25, 0.3) is 0 Å². The van der Waals surface area contributed by atoms with Gasteiger partial charge in [-0.1, -0.05) is 178 Å². The molecule has 2 nitrogen and oxygen atoms in total. The summed E-state index contributed by atoms with van der Waals surface area (Å²) in [6.45, 7) is 6.87. The Kier molecular flexibility index (Phi) is 9.75. The van der Waals surface area contributed by atoms with Crippen molar-refractivity contribution in [2.24, 2.45) is 23.7 Å². The zero-order chi connectivity index (χ0) is 49.3. The highest BCUT2D eigenvalue weighted by molar-refractivity contribution is 6.28. The van der Waals surface area contributed by atoms with Crippen LogP contribution in [0.15, 0.2) is 224 Å². The largest absolute Gasteiger partial charge is 0.310 e. The average Bonchev–Trinajstić information content (AvgIpc) is 3.83. The van der Waals surface area contributed by atoms with Crippen LogP contribution in [-0.4, -0.2) is 0 Å². The van der Waals surface area contributed by atoms with Gasteiger partial charge < -0.3 is 9.80 Å². The van der Waals surface area contributed by atoms with Crippen molar-refractivity contribution in [3.63, 3.8) is 0 Å². The SMILES string of the molecule is CC(C)(C)c1ccc(N(c2ccccc2)c2ccc3ccc4c(N(c5ccccc5)c5cccc6c5C5(c7ccc(-c8cccc(-c9ccccc9)c8)cc7-6)C6CC7CC(C6)CC5C7)ccc5ccc2c3c54)cc1. The highest BCUT2D eigenvalue weighted by atomic mass is 15.2. The minimum atomic E-state index is -0.0587. The van der Waals surface area contributed by atoms with E-state index in [0.29, 0.717) is 11.8 Å². The molecule has 5 aliphatic carbocycles. The molecule has 2 heteroatoms. The van der Waals surface area contributed by atoms with Crippen molar-refractivity contribution in [2.75, 3.05) is 9.80 Å². The van der Waals surface area contributed by atoms with Crippen LogP contribution in [0, 0.1) is 23.7 Å². The first-order valence-electron chi connectivity index (χ1n) is 27.3. The zero-order valence-corrected chi connectivity index (χ0v) is 42.6. The standard InChI is InChI=1S/C72H60N2/c1-71(2,3)54-30-32-59(33-31-54)73(57-19-9-5-10-20-57)65-37-28-49-26-35-62-66(38-29-50-25-34-61(65)68(49)69(50)62)74(58-21-11-6-12-22-58)67-24-14-23-60-63-45-53(52-18-13-17-51(44-52)48-15-7-4-8-16-48)27-36-64(63)72(70(60)67)55-40-46-39-47(42-55)43-56(72)41-46/h4-38,44-47,55-56H,39-43H2,1-3H3. The first kappa shape index (κ1) is 43.6. The number of rotatable bonds is 8. The molecule has 11 aromatic carbocycles. The van der Waals surface area contributed by atoms with E-state index in [-0.39, 0.29) is 10.8 Å². The molecule has 74 heavy (non-hydrogen) atoms. The van der Waals surface area contributed by atoms with Gasteiger partial charge in [-0.15, -0.1) is 0 Å². The Labute approximate surface area is 435 Å². The normalized spacial score (nSPS) is 20.4. The lowest BCUT2D eigenvalue weighted by Crippen LogP contribution is -2.55. The van der Waals surface area contributed by atoms with Crippen molar-refractivity contribution >= 4 is 66.4 Å². The van der Waals surface area contributed by atoms with Crippen molar-refractivity contribution < 1.29 is 0 Å². The average molecular weight is 953 g/mol. The molecular weight excluding hydrogens is 893 g/mol. The van der Waals surface area contributed by atoms with Gasteiger partial charge in [0.05, 0.1) is 17.1 Å². The van der Waals surface area contributed by atoms with Crippen LogP contribution in [-0.2, 0) is 10.8 Å². The molecule has 5 aliphatic rings. The predicted octanol–water partition coefficient (Wildman–Crippen LogP) is 19.9. The van der Waals surface area contributed by atoms with Crippen LogP contribution in [0.1, 0.15) is 69.6 Å². The second kappa shape index (κ2) is 16.5. The van der Waals surface area contributed by atoms with Gasteiger partial charge in [0.15, 0.2) is 0 Å². The second-order valence-corrected chi connectivity index (χ2v) is 23.3. The molecule has 358 valence electrons. The van der Waals surface area contributed by atoms with Crippen molar-refractivity contribution in [1.29, 1.82) is 0 Å². The number of nitrogens with zero attached hydrogens (tertiary/aromatic N) is 2. The van der Waals surface area contributed by atoms with E-state index in [4.69, 9.17) is 0 Å². The summed E-state index contributed by atoms with van der Waals surface area (Å²) in [6, 6.07) is 85.4. The fourth-order valence-corrected chi connectivity index (χ4v) is 15.4. The third kappa shape index (κ3) is 6.56. The molecule has 0 aromatic heterocycles. The number of hydrogen-bond acceptors (Lipinski definition) is 2. The van der Waals surface area contributed by atoms with E-state index in [2.05, 4.69) is 255 Å². The molecule has 0 atom stereocenters. The predicted molar refractivity (Wildman–Crippen MR) is 312 cm³/mol. The van der Waals surface area contributed by atoms with Crippen LogP contribution in [0.2, 0.25) is 0 Å². The fourth-order valence-electron chi connectivity index (χ4n) is 15.4. The van der Waals surface area contributed by atoms with Crippen LogP contribution in [0.3, 0.4) is 0 Å².